The molecule has 0 heterocycles. The molecule has 0 saturated heterocycles. The topological polar surface area (TPSA) is 124 Å². The quantitative estimate of drug-likeness (QED) is 0.474. The Bertz CT molecular complexity index is 620. The zero-order valence-corrected chi connectivity index (χ0v) is 14.5. The average molecular weight is 364 g/mol. The van der Waals surface area contributed by atoms with Gasteiger partial charge >= 0.3 is 11.9 Å². The molecule has 0 aromatic heterocycles. The second kappa shape index (κ2) is 14.4. The number of carbonyl (C=O) groups excluding carboxylic acids is 1. The molecule has 2 rings (SSSR count). The van der Waals surface area contributed by atoms with Crippen LogP contribution in [0.1, 0.15) is 33.6 Å². The van der Waals surface area contributed by atoms with Crippen molar-refractivity contribution in [3.8, 4) is 5.75 Å². The maximum Gasteiger partial charge on any atom is 0.337 e. The van der Waals surface area contributed by atoms with E-state index in [9.17, 15) is 9.59 Å². The summed E-state index contributed by atoms with van der Waals surface area (Å²) in [5, 5.41) is 33.4. The monoisotopic (exact) mass is 364 g/mol. The van der Waals surface area contributed by atoms with E-state index in [0.717, 1.165) is 12.8 Å². The van der Waals surface area contributed by atoms with Crippen molar-refractivity contribution in [1.82, 2.24) is 0 Å². The number of ether oxygens (including phenoxy) is 1. The van der Waals surface area contributed by atoms with Gasteiger partial charge in [-0.15, -0.1) is 0 Å². The molecule has 0 unspecified atom stereocenters. The van der Waals surface area contributed by atoms with Gasteiger partial charge in [0.15, 0.2) is 0 Å². The zero-order valence-electron chi connectivity index (χ0n) is 14.5. The number of aliphatic hydroxyl groups excluding tert-OH is 2. The molecule has 0 aliphatic heterocycles. The number of unbranched alkanes of at least 4 members (excludes halogenated alkanes) is 1. The van der Waals surface area contributed by atoms with Crippen molar-refractivity contribution in [3.63, 3.8) is 0 Å². The van der Waals surface area contributed by atoms with Gasteiger partial charge in [0.05, 0.1) is 18.2 Å². The molecule has 142 valence electrons. The standard InChI is InChI=1S/C8H8O3.C7H6O2.C4H10O2/c1-11-8(10)6-2-4-7(9)5-3-6;8-7(9)6-4-2-1-3-5-6;5-3-1-2-4-6/h2-5,9H,1H3;1-5H,(H,8,9);5-6H,1-4H2. The van der Waals surface area contributed by atoms with E-state index in [1.807, 2.05) is 0 Å². The number of phenolic OH excluding ortho intramolecular Hbond substituents is 1. The lowest BCUT2D eigenvalue weighted by Gasteiger charge is -1.97. The summed E-state index contributed by atoms with van der Waals surface area (Å²) in [6.45, 7) is 0.390. The van der Waals surface area contributed by atoms with Crippen LogP contribution in [0.4, 0.5) is 0 Å². The summed E-state index contributed by atoms with van der Waals surface area (Å²) in [5.41, 5.74) is 0.766. The molecule has 7 nitrogen and oxygen atoms in total. The minimum absolute atomic E-state index is 0.137. The number of phenols is 1. The Balaban J connectivity index is 0.000000378. The Kier molecular flexibility index (Phi) is 12.8. The van der Waals surface area contributed by atoms with E-state index in [4.69, 9.17) is 20.4 Å². The molecule has 2 aromatic carbocycles. The van der Waals surface area contributed by atoms with Crippen LogP contribution in [-0.2, 0) is 4.74 Å². The smallest absolute Gasteiger partial charge is 0.337 e. The van der Waals surface area contributed by atoms with Crippen LogP contribution in [-0.4, -0.2) is 52.7 Å². The van der Waals surface area contributed by atoms with E-state index >= 15 is 0 Å². The molecule has 0 amide bonds. The van der Waals surface area contributed by atoms with Crippen LogP contribution >= 0.6 is 0 Å². The number of rotatable bonds is 5. The number of carboxylic acids is 1. The van der Waals surface area contributed by atoms with Gasteiger partial charge in [-0.05, 0) is 49.2 Å². The van der Waals surface area contributed by atoms with E-state index < -0.39 is 11.9 Å². The maximum absolute atomic E-state index is 10.8. The van der Waals surface area contributed by atoms with Crippen molar-refractivity contribution >= 4 is 11.9 Å². The lowest BCUT2D eigenvalue weighted by atomic mass is 10.2. The lowest BCUT2D eigenvalue weighted by Crippen LogP contribution is -1.99. The fourth-order valence-corrected chi connectivity index (χ4v) is 1.52. The highest BCUT2D eigenvalue weighted by atomic mass is 16.5. The number of methoxy groups -OCH3 is 1. The predicted octanol–water partition coefficient (Wildman–Crippen LogP) is 2.31. The number of aromatic hydroxyl groups is 1. The number of carboxylic acid groups (broad SMARTS) is 1. The third kappa shape index (κ3) is 10.8. The number of aromatic carboxylic acids is 1. The number of carbonyl (C=O) groups is 2. The first-order chi connectivity index (χ1) is 12.5. The van der Waals surface area contributed by atoms with Crippen LogP contribution in [0.25, 0.3) is 0 Å². The Labute approximate surface area is 152 Å². The van der Waals surface area contributed by atoms with Crippen molar-refractivity contribution < 1.29 is 34.8 Å². The first-order valence-corrected chi connectivity index (χ1v) is 7.83. The van der Waals surface area contributed by atoms with Gasteiger partial charge in [0, 0.05) is 13.2 Å². The summed E-state index contributed by atoms with van der Waals surface area (Å²) >= 11 is 0. The zero-order chi connectivity index (χ0) is 19.8. The van der Waals surface area contributed by atoms with Crippen LogP contribution in [0.5, 0.6) is 5.75 Å². The summed E-state index contributed by atoms with van der Waals surface area (Å²) in [7, 11) is 1.31. The minimum atomic E-state index is -0.879. The molecule has 0 atom stereocenters. The van der Waals surface area contributed by atoms with Crippen LogP contribution < -0.4 is 0 Å². The second-order valence-corrected chi connectivity index (χ2v) is 4.86. The first kappa shape index (κ1) is 23.1. The molecule has 0 aliphatic carbocycles. The molecule has 0 radical (unpaired) electrons. The molecule has 0 spiro atoms. The molecule has 0 fully saturated rings. The van der Waals surface area contributed by atoms with Crippen molar-refractivity contribution in [2.75, 3.05) is 20.3 Å². The molecule has 0 aliphatic rings. The van der Waals surface area contributed by atoms with Gasteiger partial charge < -0.3 is 25.2 Å². The highest BCUT2D eigenvalue weighted by Crippen LogP contribution is 2.09. The van der Waals surface area contributed by atoms with E-state index in [1.165, 1.54) is 31.4 Å². The summed E-state index contributed by atoms with van der Waals surface area (Å²) in [6.07, 6.45) is 1.44. The summed E-state index contributed by atoms with van der Waals surface area (Å²) in [4.78, 5) is 21.0. The molecular weight excluding hydrogens is 340 g/mol. The Morgan fingerprint density at radius 1 is 0.846 bits per heavy atom. The number of hydrogen-bond acceptors (Lipinski definition) is 6. The van der Waals surface area contributed by atoms with Crippen molar-refractivity contribution in [3.05, 3.63) is 65.7 Å². The van der Waals surface area contributed by atoms with E-state index in [1.54, 1.807) is 30.3 Å². The van der Waals surface area contributed by atoms with Gasteiger partial charge in [0.2, 0.25) is 0 Å². The Morgan fingerprint density at radius 2 is 1.35 bits per heavy atom. The lowest BCUT2D eigenvalue weighted by molar-refractivity contribution is 0.0599. The molecular formula is C19H24O7. The third-order valence-electron chi connectivity index (χ3n) is 2.88. The fraction of sp³-hybridized carbons (Fsp3) is 0.263. The van der Waals surface area contributed by atoms with Gasteiger partial charge in [-0.25, -0.2) is 9.59 Å². The van der Waals surface area contributed by atoms with Crippen LogP contribution in [0.3, 0.4) is 0 Å². The third-order valence-corrected chi connectivity index (χ3v) is 2.88. The summed E-state index contributed by atoms with van der Waals surface area (Å²) < 4.78 is 4.46. The minimum Gasteiger partial charge on any atom is -0.508 e. The molecule has 4 N–H and O–H groups in total. The molecule has 7 heteroatoms. The molecule has 0 saturated carbocycles. The van der Waals surface area contributed by atoms with E-state index in [2.05, 4.69) is 4.74 Å². The highest BCUT2D eigenvalue weighted by Gasteiger charge is 2.02. The summed E-state index contributed by atoms with van der Waals surface area (Å²) in [6, 6.07) is 14.2. The number of aliphatic hydroxyl groups is 2. The average Bonchev–Trinajstić information content (AvgIpc) is 2.68. The first-order valence-electron chi connectivity index (χ1n) is 7.83. The van der Waals surface area contributed by atoms with Crippen molar-refractivity contribution in [2.24, 2.45) is 0 Å². The van der Waals surface area contributed by atoms with E-state index in [-0.39, 0.29) is 19.0 Å². The summed E-state index contributed by atoms with van der Waals surface area (Å²) in [5.74, 6) is -1.14. The highest BCUT2D eigenvalue weighted by molar-refractivity contribution is 5.89. The molecule has 26 heavy (non-hydrogen) atoms. The number of esters is 1. The van der Waals surface area contributed by atoms with E-state index in [0.29, 0.717) is 11.1 Å². The molecule has 0 bridgehead atoms. The SMILES string of the molecule is COC(=O)c1ccc(O)cc1.O=C(O)c1ccccc1.OCCCCO. The van der Waals surface area contributed by atoms with Gasteiger partial charge in [-0.3, -0.25) is 0 Å². The van der Waals surface area contributed by atoms with Crippen LogP contribution in [0, 0.1) is 0 Å². The molecule has 2 aromatic rings. The van der Waals surface area contributed by atoms with Crippen molar-refractivity contribution in [2.45, 2.75) is 12.8 Å². The van der Waals surface area contributed by atoms with Gasteiger partial charge in [-0.2, -0.15) is 0 Å². The van der Waals surface area contributed by atoms with Crippen LogP contribution in [0.15, 0.2) is 54.6 Å². The normalized spacial score (nSPS) is 9.04. The number of benzene rings is 2. The Hall–Kier alpha value is -2.90. The van der Waals surface area contributed by atoms with Gasteiger partial charge in [0.1, 0.15) is 5.75 Å². The fourth-order valence-electron chi connectivity index (χ4n) is 1.52. The maximum atomic E-state index is 10.8. The largest absolute Gasteiger partial charge is 0.508 e. The van der Waals surface area contributed by atoms with Crippen LogP contribution in [0.2, 0.25) is 0 Å². The second-order valence-electron chi connectivity index (χ2n) is 4.86. The van der Waals surface area contributed by atoms with Gasteiger partial charge in [0.25, 0.3) is 0 Å². The number of hydrogen-bond donors (Lipinski definition) is 4. The predicted molar refractivity (Wildman–Crippen MR) is 96.3 cm³/mol. The van der Waals surface area contributed by atoms with Gasteiger partial charge in [-0.1, -0.05) is 18.2 Å². The van der Waals surface area contributed by atoms with Crippen molar-refractivity contribution in [1.29, 1.82) is 0 Å². The Morgan fingerprint density at radius 3 is 1.69 bits per heavy atom.